The number of carbonyl (C=O) groups excluding carboxylic acids is 2. The molecule has 0 heterocycles. The van der Waals surface area contributed by atoms with E-state index in [9.17, 15) is 18.0 Å². The summed E-state index contributed by atoms with van der Waals surface area (Å²) in [6.07, 6.45) is 0.0951. The van der Waals surface area contributed by atoms with E-state index in [0.29, 0.717) is 16.3 Å². The van der Waals surface area contributed by atoms with Crippen molar-refractivity contribution >= 4 is 39.1 Å². The number of carbonyl (C=O) groups is 2. The molecule has 0 unspecified atom stereocenters. The summed E-state index contributed by atoms with van der Waals surface area (Å²) in [6.45, 7) is 1.55. The Morgan fingerprint density at radius 2 is 1.64 bits per heavy atom. The minimum atomic E-state index is -3.97. The fourth-order valence-corrected chi connectivity index (χ4v) is 4.77. The summed E-state index contributed by atoms with van der Waals surface area (Å²) in [5, 5.41) is 3.11. The quantitative estimate of drug-likeness (QED) is 0.483. The Kier molecular flexibility index (Phi) is 7.86. The zero-order chi connectivity index (χ0) is 24.0. The third kappa shape index (κ3) is 6.89. The first-order valence-corrected chi connectivity index (χ1v) is 11.9. The lowest BCUT2D eigenvalue weighted by Gasteiger charge is -2.22. The second-order valence-electron chi connectivity index (χ2n) is 7.60. The second-order valence-corrected chi connectivity index (χ2v) is 9.98. The number of nitrogens with zero attached hydrogens (tertiary/aromatic N) is 1. The Morgan fingerprint density at radius 3 is 2.24 bits per heavy atom. The van der Waals surface area contributed by atoms with E-state index in [4.69, 9.17) is 17.3 Å². The monoisotopic (exact) mass is 485 g/mol. The first-order valence-electron chi connectivity index (χ1n) is 10.1. The highest BCUT2D eigenvalue weighted by Gasteiger charge is 2.27. The molecule has 3 aromatic carbocycles. The summed E-state index contributed by atoms with van der Waals surface area (Å²) in [5.74, 6) is -0.950. The Labute approximate surface area is 198 Å². The van der Waals surface area contributed by atoms with Gasteiger partial charge in [0.2, 0.25) is 21.8 Å². The van der Waals surface area contributed by atoms with Crippen molar-refractivity contribution in [2.45, 2.75) is 24.8 Å². The van der Waals surface area contributed by atoms with Crippen molar-refractivity contribution < 1.29 is 18.0 Å². The van der Waals surface area contributed by atoms with Crippen LogP contribution in [0.4, 0.5) is 5.69 Å². The number of hydrogen-bond acceptors (Lipinski definition) is 4. The number of hydrogen-bond donors (Lipinski definition) is 2. The van der Waals surface area contributed by atoms with Crippen molar-refractivity contribution in [2.75, 3.05) is 11.9 Å². The van der Waals surface area contributed by atoms with Crippen molar-refractivity contribution in [2.24, 2.45) is 5.73 Å². The first kappa shape index (κ1) is 24.4. The maximum atomic E-state index is 13.3. The highest BCUT2D eigenvalue weighted by Crippen LogP contribution is 2.21. The van der Waals surface area contributed by atoms with Gasteiger partial charge in [-0.3, -0.25) is 9.59 Å². The third-order valence-corrected chi connectivity index (χ3v) is 6.89. The Hall–Kier alpha value is -3.20. The van der Waals surface area contributed by atoms with Crippen LogP contribution < -0.4 is 11.1 Å². The molecule has 2 amide bonds. The number of amides is 2. The van der Waals surface area contributed by atoms with Crippen molar-refractivity contribution in [3.05, 3.63) is 94.5 Å². The summed E-state index contributed by atoms with van der Waals surface area (Å²) >= 11 is 5.90. The highest BCUT2D eigenvalue weighted by molar-refractivity contribution is 7.89. The van der Waals surface area contributed by atoms with E-state index >= 15 is 0 Å². The predicted molar refractivity (Wildman–Crippen MR) is 128 cm³/mol. The van der Waals surface area contributed by atoms with Gasteiger partial charge in [0.05, 0.1) is 17.9 Å². The van der Waals surface area contributed by atoms with Gasteiger partial charge in [-0.15, -0.1) is 0 Å². The lowest BCUT2D eigenvalue weighted by Crippen LogP contribution is -2.37. The van der Waals surface area contributed by atoms with Crippen LogP contribution in [0, 0.1) is 6.92 Å². The molecule has 9 heteroatoms. The van der Waals surface area contributed by atoms with Crippen LogP contribution in [0.5, 0.6) is 0 Å². The molecule has 33 heavy (non-hydrogen) atoms. The standard InChI is InChI=1S/C24H24ClN3O4S/c1-17-3-2-4-19(13-17)15-28(33(31,32)22-11-7-20(25)8-12-22)16-24(30)27-21-9-5-18(6-10-21)14-23(26)29/h2-13H,14-16H2,1H3,(H2,26,29)(H,27,30). The number of nitrogens with two attached hydrogens (primary N) is 1. The van der Waals surface area contributed by atoms with Gasteiger partial charge >= 0.3 is 0 Å². The van der Waals surface area contributed by atoms with Crippen LogP contribution in [-0.4, -0.2) is 31.1 Å². The molecule has 0 atom stereocenters. The van der Waals surface area contributed by atoms with E-state index < -0.39 is 21.8 Å². The maximum Gasteiger partial charge on any atom is 0.243 e. The summed E-state index contributed by atoms with van der Waals surface area (Å²) in [5.41, 5.74) is 8.13. The van der Waals surface area contributed by atoms with Gasteiger partial charge in [-0.1, -0.05) is 53.6 Å². The van der Waals surface area contributed by atoms with E-state index in [1.807, 2.05) is 31.2 Å². The van der Waals surface area contributed by atoms with Gasteiger partial charge in [-0.05, 0) is 54.4 Å². The molecule has 0 aliphatic carbocycles. The number of anilines is 1. The maximum absolute atomic E-state index is 13.3. The molecule has 0 radical (unpaired) electrons. The van der Waals surface area contributed by atoms with E-state index in [1.165, 1.54) is 24.3 Å². The number of aryl methyl sites for hydroxylation is 1. The average molecular weight is 486 g/mol. The van der Waals surface area contributed by atoms with Gasteiger partial charge in [-0.25, -0.2) is 8.42 Å². The second kappa shape index (κ2) is 10.6. The van der Waals surface area contributed by atoms with E-state index in [-0.39, 0.29) is 24.4 Å². The number of halogens is 1. The van der Waals surface area contributed by atoms with Crippen LogP contribution in [-0.2, 0) is 32.6 Å². The number of nitrogens with one attached hydrogen (secondary N) is 1. The van der Waals surface area contributed by atoms with Crippen LogP contribution >= 0.6 is 11.6 Å². The predicted octanol–water partition coefficient (Wildman–Crippen LogP) is 3.51. The molecule has 172 valence electrons. The average Bonchev–Trinajstić information content (AvgIpc) is 2.74. The highest BCUT2D eigenvalue weighted by atomic mass is 35.5. The fraction of sp³-hybridized carbons (Fsp3) is 0.167. The normalized spacial score (nSPS) is 11.4. The van der Waals surface area contributed by atoms with E-state index in [1.54, 1.807) is 24.3 Å². The third-order valence-electron chi connectivity index (χ3n) is 4.83. The Bertz CT molecular complexity index is 1240. The largest absolute Gasteiger partial charge is 0.369 e. The molecule has 0 aliphatic rings. The number of benzene rings is 3. The fourth-order valence-electron chi connectivity index (χ4n) is 3.26. The van der Waals surface area contributed by atoms with Gasteiger partial charge in [0.1, 0.15) is 0 Å². The molecule has 3 rings (SSSR count). The summed E-state index contributed by atoms with van der Waals surface area (Å²) in [7, 11) is -3.97. The smallest absolute Gasteiger partial charge is 0.243 e. The van der Waals surface area contributed by atoms with E-state index in [2.05, 4.69) is 5.32 Å². The van der Waals surface area contributed by atoms with Crippen LogP contribution in [0.15, 0.2) is 77.7 Å². The molecular formula is C24H24ClN3O4S. The Morgan fingerprint density at radius 1 is 0.970 bits per heavy atom. The van der Waals surface area contributed by atoms with Gasteiger partial charge in [0, 0.05) is 17.3 Å². The van der Waals surface area contributed by atoms with Crippen molar-refractivity contribution in [3.8, 4) is 0 Å². The molecule has 0 spiro atoms. The SMILES string of the molecule is Cc1cccc(CN(CC(=O)Nc2ccc(CC(N)=O)cc2)S(=O)(=O)c2ccc(Cl)cc2)c1. The zero-order valence-corrected chi connectivity index (χ0v) is 19.6. The van der Waals surface area contributed by atoms with Crippen LogP contribution in [0.2, 0.25) is 5.02 Å². The van der Waals surface area contributed by atoms with Crippen LogP contribution in [0.25, 0.3) is 0 Å². The van der Waals surface area contributed by atoms with Gasteiger partial charge in [0.25, 0.3) is 0 Å². The lowest BCUT2D eigenvalue weighted by molar-refractivity contribution is -0.117. The van der Waals surface area contributed by atoms with Crippen molar-refractivity contribution in [3.63, 3.8) is 0 Å². The molecule has 0 aromatic heterocycles. The van der Waals surface area contributed by atoms with Crippen LogP contribution in [0.3, 0.4) is 0 Å². The number of sulfonamides is 1. The molecule has 0 aliphatic heterocycles. The minimum absolute atomic E-state index is 0.0254. The molecule has 3 aromatic rings. The van der Waals surface area contributed by atoms with Crippen LogP contribution in [0.1, 0.15) is 16.7 Å². The molecule has 0 fully saturated rings. The zero-order valence-electron chi connectivity index (χ0n) is 18.0. The summed E-state index contributed by atoms with van der Waals surface area (Å²) in [4.78, 5) is 23.8. The molecule has 0 saturated heterocycles. The molecule has 3 N–H and O–H groups in total. The number of rotatable bonds is 9. The summed E-state index contributed by atoms with van der Waals surface area (Å²) < 4.78 is 27.8. The van der Waals surface area contributed by atoms with E-state index in [0.717, 1.165) is 15.4 Å². The lowest BCUT2D eigenvalue weighted by atomic mass is 10.1. The van der Waals surface area contributed by atoms with Gasteiger partial charge < -0.3 is 11.1 Å². The van der Waals surface area contributed by atoms with Crippen molar-refractivity contribution in [1.29, 1.82) is 0 Å². The molecule has 0 saturated carbocycles. The van der Waals surface area contributed by atoms with Gasteiger partial charge in [0.15, 0.2) is 0 Å². The molecule has 7 nitrogen and oxygen atoms in total. The van der Waals surface area contributed by atoms with Crippen molar-refractivity contribution in [1.82, 2.24) is 4.31 Å². The first-order chi connectivity index (χ1) is 15.6. The summed E-state index contributed by atoms with van der Waals surface area (Å²) in [6, 6.07) is 19.9. The van der Waals surface area contributed by atoms with Gasteiger partial charge in [-0.2, -0.15) is 4.31 Å². The topological polar surface area (TPSA) is 110 Å². The number of primary amides is 1. The minimum Gasteiger partial charge on any atom is -0.369 e. The molecule has 0 bridgehead atoms. The molecular weight excluding hydrogens is 462 g/mol. The Balaban J connectivity index is 1.82.